The predicted molar refractivity (Wildman–Crippen MR) is 282 cm³/mol. The van der Waals surface area contributed by atoms with Crippen LogP contribution < -0.4 is 10.4 Å². The van der Waals surface area contributed by atoms with E-state index in [1.54, 1.807) is 0 Å². The molecular formula is C60H65Cl2SiZr-3. The molecule has 0 fully saturated rings. The largest absolute Gasteiger partial charge is 0.184 e. The molecule has 2 radical (unpaired) electrons. The molecule has 4 heteroatoms. The molecule has 64 heavy (non-hydrogen) atoms. The van der Waals surface area contributed by atoms with Gasteiger partial charge in [0.05, 0.1) is 9.52 Å². The van der Waals surface area contributed by atoms with Crippen LogP contribution in [0, 0.1) is 6.07 Å². The van der Waals surface area contributed by atoms with Gasteiger partial charge in [-0.2, -0.15) is 41.6 Å². The summed E-state index contributed by atoms with van der Waals surface area (Å²) >= 11 is -0.826. The molecule has 0 spiro atoms. The molecule has 330 valence electrons. The summed E-state index contributed by atoms with van der Waals surface area (Å²) < 4.78 is 0. The molecule has 0 bridgehead atoms. The van der Waals surface area contributed by atoms with E-state index in [9.17, 15) is 0 Å². The van der Waals surface area contributed by atoms with Crippen LogP contribution in [0.1, 0.15) is 115 Å². The van der Waals surface area contributed by atoms with Crippen molar-refractivity contribution in [2.45, 2.75) is 119 Å². The standard InChI is InChI=1S/2C24H29.C12H7Si.2ClH.Zr/c2*1-6-10-18-13-14-19-15-20(24(3,4)5)16-22(19)23(18)21-12-9-8-11-17(21)7-2;1-3-7-11-9(5-1)10-6-2-4-8-12(10)13-11;;;/h2*8-9,11-16H,6-7,10H2,1-5H3;1-7H;2*1H;/q3*-1;;;+2/p-2. The van der Waals surface area contributed by atoms with Crippen LogP contribution in [-0.2, 0) is 57.4 Å². The molecule has 0 unspecified atom stereocenters. The van der Waals surface area contributed by atoms with E-state index < -0.39 is 20.8 Å². The minimum Gasteiger partial charge on any atom is -0.184 e. The van der Waals surface area contributed by atoms with E-state index in [1.807, 2.05) is 6.07 Å². The van der Waals surface area contributed by atoms with Gasteiger partial charge in [0.15, 0.2) is 0 Å². The van der Waals surface area contributed by atoms with Crippen molar-refractivity contribution in [3.63, 3.8) is 0 Å². The van der Waals surface area contributed by atoms with Crippen LogP contribution >= 0.6 is 17.0 Å². The van der Waals surface area contributed by atoms with Crippen molar-refractivity contribution in [3.05, 3.63) is 179 Å². The van der Waals surface area contributed by atoms with Gasteiger partial charge in [0.25, 0.3) is 0 Å². The monoisotopic (exact) mass is 973 g/mol. The fraction of sp³-hybridized carbons (Fsp3) is 0.300. The van der Waals surface area contributed by atoms with Crippen LogP contribution in [-0.4, -0.2) is 9.52 Å². The van der Waals surface area contributed by atoms with E-state index in [0.29, 0.717) is 0 Å². The number of hydrogen-bond donors (Lipinski definition) is 0. The molecule has 8 aromatic carbocycles. The second-order valence-corrected chi connectivity index (χ2v) is 23.9. The molecular weight excluding hydrogens is 911 g/mol. The maximum Gasteiger partial charge on any atom is 0.0920 e. The molecule has 1 aliphatic rings. The zero-order valence-electron chi connectivity index (χ0n) is 39.8. The molecule has 0 atom stereocenters. The van der Waals surface area contributed by atoms with Crippen molar-refractivity contribution in [3.8, 4) is 33.4 Å². The Kier molecular flexibility index (Phi) is 17.5. The van der Waals surface area contributed by atoms with E-state index in [0.717, 1.165) is 35.2 Å². The number of benzene rings is 6. The van der Waals surface area contributed by atoms with Gasteiger partial charge in [-0.05, 0) is 58.8 Å². The Bertz CT molecular complexity index is 2580. The van der Waals surface area contributed by atoms with Gasteiger partial charge < -0.3 is 0 Å². The van der Waals surface area contributed by atoms with Crippen molar-refractivity contribution in [1.82, 2.24) is 0 Å². The summed E-state index contributed by atoms with van der Waals surface area (Å²) in [6.45, 7) is 22.8. The second-order valence-electron chi connectivity index (χ2n) is 18.9. The Balaban J connectivity index is 0.000000160. The SMILES string of the molecule is CCCc1ccc2[cH-]c(C(C)(C)C)cc2c1-c1ccccc1CC.CCCc1ccc2[cH-]c(C(C)(C)C)cc2c1-c1ccccc1CC.[Cl][Zr][Cl].[c-]1cccc2c1[Si]c1ccccc1-2. The molecule has 0 saturated heterocycles. The Labute approximate surface area is 407 Å². The van der Waals surface area contributed by atoms with Crippen LogP contribution in [0.25, 0.3) is 54.9 Å². The normalized spacial score (nSPS) is 11.8. The van der Waals surface area contributed by atoms with Crippen molar-refractivity contribution in [2.75, 3.05) is 0 Å². The molecule has 0 nitrogen and oxygen atoms in total. The first-order valence-electron chi connectivity index (χ1n) is 23.2. The minimum atomic E-state index is -0.826. The van der Waals surface area contributed by atoms with E-state index in [-0.39, 0.29) is 10.8 Å². The van der Waals surface area contributed by atoms with Crippen molar-refractivity contribution >= 4 is 58.5 Å². The van der Waals surface area contributed by atoms with Gasteiger partial charge in [-0.25, -0.2) is 0 Å². The predicted octanol–water partition coefficient (Wildman–Crippen LogP) is 16.6. The number of aryl methyl sites for hydroxylation is 4. The zero-order chi connectivity index (χ0) is 46.0. The fourth-order valence-electron chi connectivity index (χ4n) is 8.98. The average Bonchev–Trinajstić information content (AvgIpc) is 4.03. The van der Waals surface area contributed by atoms with Crippen LogP contribution in [0.2, 0.25) is 0 Å². The van der Waals surface area contributed by atoms with Gasteiger partial charge in [-0.15, -0.1) is 74.6 Å². The molecule has 0 aromatic heterocycles. The Morgan fingerprint density at radius 2 is 0.938 bits per heavy atom. The summed E-state index contributed by atoms with van der Waals surface area (Å²) in [6, 6.07) is 54.9. The average molecular weight is 976 g/mol. The number of halogens is 2. The number of hydrogen-bond acceptors (Lipinski definition) is 0. The minimum absolute atomic E-state index is 0.186. The topological polar surface area (TPSA) is 0 Å². The maximum absolute atomic E-state index is 4.93. The van der Waals surface area contributed by atoms with Crippen molar-refractivity contribution < 1.29 is 20.8 Å². The fourth-order valence-corrected chi connectivity index (χ4v) is 10.3. The maximum atomic E-state index is 4.93. The van der Waals surface area contributed by atoms with Crippen LogP contribution in [0.3, 0.4) is 0 Å². The Hall–Kier alpha value is -3.78. The first-order valence-corrected chi connectivity index (χ1v) is 30.6. The third-order valence-corrected chi connectivity index (χ3v) is 13.8. The van der Waals surface area contributed by atoms with E-state index >= 15 is 0 Å². The van der Waals surface area contributed by atoms with Gasteiger partial charge in [0.1, 0.15) is 0 Å². The molecule has 0 aliphatic carbocycles. The van der Waals surface area contributed by atoms with Gasteiger partial charge in [0, 0.05) is 0 Å². The second kappa shape index (κ2) is 22.6. The molecule has 8 aromatic rings. The van der Waals surface area contributed by atoms with Gasteiger partial charge in [0.2, 0.25) is 0 Å². The summed E-state index contributed by atoms with van der Waals surface area (Å²) in [4.78, 5) is 0. The Morgan fingerprint density at radius 3 is 1.38 bits per heavy atom. The van der Waals surface area contributed by atoms with Crippen LogP contribution in [0.15, 0.2) is 140 Å². The van der Waals surface area contributed by atoms with E-state index in [2.05, 4.69) is 209 Å². The third-order valence-electron chi connectivity index (χ3n) is 12.4. The number of fused-ring (bicyclic) bond motifs is 5. The molecule has 0 N–H and O–H groups in total. The summed E-state index contributed by atoms with van der Waals surface area (Å²) in [5.74, 6) is 0. The first-order chi connectivity index (χ1) is 30.8. The molecule has 0 amide bonds. The summed E-state index contributed by atoms with van der Waals surface area (Å²) in [6.07, 6.45) is 6.79. The number of rotatable bonds is 8. The first kappa shape index (κ1) is 49.6. The van der Waals surface area contributed by atoms with E-state index in [4.69, 9.17) is 17.0 Å². The van der Waals surface area contributed by atoms with E-state index in [1.165, 1.54) is 112 Å². The third kappa shape index (κ3) is 11.6. The van der Waals surface area contributed by atoms with Crippen LogP contribution in [0.5, 0.6) is 0 Å². The van der Waals surface area contributed by atoms with Gasteiger partial charge in [-0.3, -0.25) is 0 Å². The van der Waals surface area contributed by atoms with Crippen molar-refractivity contribution in [2.24, 2.45) is 0 Å². The van der Waals surface area contributed by atoms with Gasteiger partial charge >= 0.3 is 37.9 Å². The van der Waals surface area contributed by atoms with Crippen molar-refractivity contribution in [1.29, 1.82) is 0 Å². The summed E-state index contributed by atoms with van der Waals surface area (Å²) in [5, 5.41) is 8.42. The van der Waals surface area contributed by atoms with Crippen LogP contribution in [0.4, 0.5) is 0 Å². The molecule has 0 saturated carbocycles. The smallest absolute Gasteiger partial charge is 0.0920 e. The van der Waals surface area contributed by atoms with Gasteiger partial charge in [-0.1, -0.05) is 188 Å². The molecule has 9 rings (SSSR count). The summed E-state index contributed by atoms with van der Waals surface area (Å²) in [7, 11) is 10.7. The quantitative estimate of drug-likeness (QED) is 0.105. The molecule has 1 heterocycles. The Morgan fingerprint density at radius 1 is 0.516 bits per heavy atom. The zero-order valence-corrected chi connectivity index (χ0v) is 44.7. The summed E-state index contributed by atoms with van der Waals surface area (Å²) in [5.41, 5.74) is 17.6. The molecule has 1 aliphatic heterocycles.